The molecule has 0 N–H and O–H groups in total. The van der Waals surface area contributed by atoms with Crippen LogP contribution in [0.1, 0.15) is 29.5 Å². The molecular weight excluding hydrogens is 256 g/mol. The first-order valence-corrected chi connectivity index (χ1v) is 7.16. The largest absolute Gasteiger partial charge is 0.265 e. The van der Waals surface area contributed by atoms with Gasteiger partial charge in [-0.2, -0.15) is 0 Å². The third-order valence-electron chi connectivity index (χ3n) is 3.85. The SMILES string of the molecule is C=C(CCC(=C)c1ccc2c(c1)N=CC2)c1ccncc1. The van der Waals surface area contributed by atoms with Gasteiger partial charge in [0.2, 0.25) is 0 Å². The van der Waals surface area contributed by atoms with Crippen LogP contribution >= 0.6 is 0 Å². The maximum atomic E-state index is 4.39. The van der Waals surface area contributed by atoms with Gasteiger partial charge in [-0.05, 0) is 58.9 Å². The molecule has 3 rings (SSSR count). The van der Waals surface area contributed by atoms with E-state index in [1.165, 1.54) is 11.1 Å². The second-order valence-corrected chi connectivity index (χ2v) is 5.30. The molecule has 0 bridgehead atoms. The highest BCUT2D eigenvalue weighted by molar-refractivity contribution is 5.79. The zero-order valence-corrected chi connectivity index (χ0v) is 12.0. The van der Waals surface area contributed by atoms with E-state index in [0.29, 0.717) is 0 Å². The van der Waals surface area contributed by atoms with E-state index in [2.05, 4.69) is 41.3 Å². The first-order chi connectivity index (χ1) is 10.2. The number of rotatable bonds is 5. The predicted octanol–water partition coefficient (Wildman–Crippen LogP) is 4.85. The molecule has 0 saturated heterocycles. The number of fused-ring (bicyclic) bond motifs is 1. The summed E-state index contributed by atoms with van der Waals surface area (Å²) in [6.45, 7) is 8.37. The normalized spacial score (nSPS) is 12.2. The van der Waals surface area contributed by atoms with Crippen LogP contribution < -0.4 is 0 Å². The summed E-state index contributed by atoms with van der Waals surface area (Å²) >= 11 is 0. The average molecular weight is 274 g/mol. The van der Waals surface area contributed by atoms with Gasteiger partial charge in [-0.25, -0.2) is 0 Å². The molecule has 0 radical (unpaired) electrons. The highest BCUT2D eigenvalue weighted by Crippen LogP contribution is 2.30. The van der Waals surface area contributed by atoms with Gasteiger partial charge in [0.1, 0.15) is 0 Å². The van der Waals surface area contributed by atoms with Crippen molar-refractivity contribution in [2.45, 2.75) is 19.3 Å². The van der Waals surface area contributed by atoms with Gasteiger partial charge < -0.3 is 0 Å². The van der Waals surface area contributed by atoms with Crippen LogP contribution in [0.2, 0.25) is 0 Å². The number of pyridine rings is 1. The first-order valence-electron chi connectivity index (χ1n) is 7.16. The summed E-state index contributed by atoms with van der Waals surface area (Å²) in [6, 6.07) is 10.4. The minimum Gasteiger partial charge on any atom is -0.265 e. The maximum absolute atomic E-state index is 4.39. The number of nitrogens with zero attached hydrogens (tertiary/aromatic N) is 2. The van der Waals surface area contributed by atoms with E-state index in [-0.39, 0.29) is 0 Å². The van der Waals surface area contributed by atoms with Crippen molar-refractivity contribution in [3.05, 3.63) is 72.6 Å². The quantitative estimate of drug-likeness (QED) is 0.765. The molecule has 1 aromatic heterocycles. The highest BCUT2D eigenvalue weighted by atomic mass is 14.7. The van der Waals surface area contributed by atoms with Crippen molar-refractivity contribution in [3.63, 3.8) is 0 Å². The Bertz CT molecular complexity index is 712. The maximum Gasteiger partial charge on any atom is 0.0667 e. The second kappa shape index (κ2) is 5.88. The summed E-state index contributed by atoms with van der Waals surface area (Å²) in [5, 5.41) is 0. The lowest BCUT2D eigenvalue weighted by atomic mass is 9.96. The van der Waals surface area contributed by atoms with E-state index < -0.39 is 0 Å². The zero-order chi connectivity index (χ0) is 14.7. The number of benzene rings is 1. The topological polar surface area (TPSA) is 25.2 Å². The van der Waals surface area contributed by atoms with Crippen LogP contribution in [0.25, 0.3) is 11.1 Å². The summed E-state index contributed by atoms with van der Waals surface area (Å²) in [5.41, 5.74) is 6.97. The van der Waals surface area contributed by atoms with Crippen molar-refractivity contribution in [1.29, 1.82) is 0 Å². The fourth-order valence-corrected chi connectivity index (χ4v) is 2.50. The Morgan fingerprint density at radius 2 is 1.67 bits per heavy atom. The van der Waals surface area contributed by atoms with Crippen LogP contribution in [0.4, 0.5) is 5.69 Å². The Hall–Kier alpha value is -2.48. The number of aliphatic imine (C=N–C) groups is 1. The molecule has 0 spiro atoms. The molecule has 1 aromatic carbocycles. The fraction of sp³-hybridized carbons (Fsp3) is 0.158. The molecule has 2 aromatic rings. The van der Waals surface area contributed by atoms with Gasteiger partial charge in [0.25, 0.3) is 0 Å². The number of allylic oxidation sites excluding steroid dienone is 2. The van der Waals surface area contributed by atoms with Gasteiger partial charge in [0, 0.05) is 25.0 Å². The van der Waals surface area contributed by atoms with Crippen LogP contribution in [-0.2, 0) is 6.42 Å². The van der Waals surface area contributed by atoms with Crippen LogP contribution in [0.15, 0.2) is 60.9 Å². The fourth-order valence-electron chi connectivity index (χ4n) is 2.50. The van der Waals surface area contributed by atoms with Gasteiger partial charge in [-0.1, -0.05) is 25.3 Å². The molecule has 0 saturated carbocycles. The summed E-state index contributed by atoms with van der Waals surface area (Å²) in [4.78, 5) is 8.43. The van der Waals surface area contributed by atoms with E-state index >= 15 is 0 Å². The lowest BCUT2D eigenvalue weighted by molar-refractivity contribution is 1.09. The molecule has 0 fully saturated rings. The Morgan fingerprint density at radius 3 is 2.43 bits per heavy atom. The Kier molecular flexibility index (Phi) is 3.78. The van der Waals surface area contributed by atoms with E-state index in [4.69, 9.17) is 0 Å². The average Bonchev–Trinajstić information content (AvgIpc) is 3.00. The Balaban J connectivity index is 1.64. The molecule has 0 atom stereocenters. The number of hydrogen-bond donors (Lipinski definition) is 0. The molecule has 1 aliphatic rings. The molecule has 2 heteroatoms. The van der Waals surface area contributed by atoms with E-state index in [1.807, 2.05) is 18.3 Å². The van der Waals surface area contributed by atoms with Crippen LogP contribution in [-0.4, -0.2) is 11.2 Å². The molecule has 1 aliphatic heterocycles. The number of aromatic nitrogens is 1. The summed E-state index contributed by atoms with van der Waals surface area (Å²) in [5.74, 6) is 0. The monoisotopic (exact) mass is 274 g/mol. The smallest absolute Gasteiger partial charge is 0.0667 e. The Labute approximate surface area is 125 Å². The third-order valence-corrected chi connectivity index (χ3v) is 3.85. The van der Waals surface area contributed by atoms with Crippen LogP contribution in [0.3, 0.4) is 0 Å². The third kappa shape index (κ3) is 3.00. The van der Waals surface area contributed by atoms with Gasteiger partial charge in [0.15, 0.2) is 0 Å². The highest BCUT2D eigenvalue weighted by Gasteiger charge is 2.09. The number of hydrogen-bond acceptors (Lipinski definition) is 2. The van der Waals surface area contributed by atoms with Crippen molar-refractivity contribution in [3.8, 4) is 0 Å². The molecule has 0 amide bonds. The second-order valence-electron chi connectivity index (χ2n) is 5.30. The van der Waals surface area contributed by atoms with Gasteiger partial charge in [0.05, 0.1) is 5.69 Å². The van der Waals surface area contributed by atoms with E-state index in [0.717, 1.165) is 41.7 Å². The van der Waals surface area contributed by atoms with Crippen molar-refractivity contribution < 1.29 is 0 Å². The molecular formula is C19H18N2. The van der Waals surface area contributed by atoms with Gasteiger partial charge >= 0.3 is 0 Å². The minimum atomic E-state index is 0.906. The minimum absolute atomic E-state index is 0.906. The van der Waals surface area contributed by atoms with E-state index in [9.17, 15) is 0 Å². The molecule has 104 valence electrons. The molecule has 0 unspecified atom stereocenters. The molecule has 2 heterocycles. The van der Waals surface area contributed by atoms with Crippen molar-refractivity contribution in [2.75, 3.05) is 0 Å². The summed E-state index contributed by atoms with van der Waals surface area (Å²) < 4.78 is 0. The van der Waals surface area contributed by atoms with Gasteiger partial charge in [-0.15, -0.1) is 0 Å². The first kappa shape index (κ1) is 13.5. The van der Waals surface area contributed by atoms with Crippen LogP contribution in [0.5, 0.6) is 0 Å². The molecule has 0 aliphatic carbocycles. The van der Waals surface area contributed by atoms with Gasteiger partial charge in [-0.3, -0.25) is 9.98 Å². The van der Waals surface area contributed by atoms with Crippen LogP contribution in [0, 0.1) is 0 Å². The molecule has 2 nitrogen and oxygen atoms in total. The predicted molar refractivity (Wildman–Crippen MR) is 89.8 cm³/mol. The summed E-state index contributed by atoms with van der Waals surface area (Å²) in [6.07, 6.45) is 8.32. The van der Waals surface area contributed by atoms with Crippen molar-refractivity contribution >= 4 is 23.0 Å². The standard InChI is InChI=1S/C19H18N2/c1-14(16-7-10-20-11-8-16)3-4-15(2)18-6-5-17-9-12-21-19(17)13-18/h5-8,10-13H,1-4,9H2. The van der Waals surface area contributed by atoms with Crippen molar-refractivity contribution in [2.24, 2.45) is 4.99 Å². The zero-order valence-electron chi connectivity index (χ0n) is 12.0. The van der Waals surface area contributed by atoms with Crippen molar-refractivity contribution in [1.82, 2.24) is 4.98 Å². The Morgan fingerprint density at radius 1 is 0.952 bits per heavy atom. The lowest BCUT2D eigenvalue weighted by Crippen LogP contribution is -1.88. The molecule has 21 heavy (non-hydrogen) atoms. The summed E-state index contributed by atoms with van der Waals surface area (Å²) in [7, 11) is 0. The lowest BCUT2D eigenvalue weighted by Gasteiger charge is -2.09. The van der Waals surface area contributed by atoms with E-state index in [1.54, 1.807) is 12.4 Å².